The van der Waals surface area contributed by atoms with E-state index in [2.05, 4.69) is 25.5 Å². The molecule has 0 aliphatic carbocycles. The molecular weight excluding hydrogens is 234 g/mol. The van der Waals surface area contributed by atoms with Crippen LogP contribution in [0.25, 0.3) is 0 Å². The maximum absolute atomic E-state index is 10.8. The van der Waals surface area contributed by atoms with Gasteiger partial charge in [0.05, 0.1) is 6.10 Å². The van der Waals surface area contributed by atoms with Crippen molar-refractivity contribution in [3.8, 4) is 0 Å². The highest BCUT2D eigenvalue weighted by atomic mass is 16.3. The lowest BCUT2D eigenvalue weighted by molar-refractivity contribution is -0.107. The molecule has 1 aromatic rings. The van der Waals surface area contributed by atoms with Crippen LogP contribution >= 0.6 is 0 Å². The van der Waals surface area contributed by atoms with Crippen molar-refractivity contribution in [2.45, 2.75) is 25.1 Å². The zero-order valence-corrected chi connectivity index (χ0v) is 9.83. The molecule has 18 heavy (non-hydrogen) atoms. The fourth-order valence-electron chi connectivity index (χ4n) is 2.34. The summed E-state index contributed by atoms with van der Waals surface area (Å²) in [7, 11) is 0. The number of rotatable bonds is 2. The van der Waals surface area contributed by atoms with Gasteiger partial charge in [-0.3, -0.25) is 4.79 Å². The zero-order valence-electron chi connectivity index (χ0n) is 9.83. The molecule has 96 valence electrons. The normalized spacial score (nSPS) is 23.2. The Labute approximate surface area is 104 Å². The van der Waals surface area contributed by atoms with Gasteiger partial charge in [-0.25, -0.2) is 9.97 Å². The van der Waals surface area contributed by atoms with E-state index in [1.165, 1.54) is 6.33 Å². The minimum atomic E-state index is -0.439. The molecule has 0 saturated carbocycles. The summed E-state index contributed by atoms with van der Waals surface area (Å²) in [5.74, 6) is 1.45. The summed E-state index contributed by atoms with van der Waals surface area (Å²) in [5.41, 5.74) is 0.769. The van der Waals surface area contributed by atoms with Crippen LogP contribution in [0.4, 0.5) is 17.3 Å². The highest BCUT2D eigenvalue weighted by Gasteiger charge is 2.27. The molecule has 0 bridgehead atoms. The first-order chi connectivity index (χ1) is 8.78. The van der Waals surface area contributed by atoms with Gasteiger partial charge in [0.1, 0.15) is 12.0 Å². The van der Waals surface area contributed by atoms with Gasteiger partial charge in [0, 0.05) is 13.1 Å². The number of anilines is 3. The molecule has 1 atom stereocenters. The zero-order chi connectivity index (χ0) is 12.5. The summed E-state index contributed by atoms with van der Waals surface area (Å²) in [6.07, 6.45) is 3.11. The Morgan fingerprint density at radius 2 is 2.11 bits per heavy atom. The highest BCUT2D eigenvalue weighted by molar-refractivity contribution is 5.87. The molecule has 0 amide bonds. The van der Waals surface area contributed by atoms with Crippen molar-refractivity contribution < 1.29 is 9.90 Å². The van der Waals surface area contributed by atoms with Crippen LogP contribution in [-0.4, -0.2) is 46.7 Å². The molecule has 1 fully saturated rings. The Hall–Kier alpha value is -1.89. The van der Waals surface area contributed by atoms with Gasteiger partial charge in [0.15, 0.2) is 24.1 Å². The molecule has 3 heterocycles. The van der Waals surface area contributed by atoms with Gasteiger partial charge in [-0.1, -0.05) is 0 Å². The molecule has 0 radical (unpaired) electrons. The Morgan fingerprint density at radius 3 is 2.83 bits per heavy atom. The summed E-state index contributed by atoms with van der Waals surface area (Å²) in [4.78, 5) is 21.3. The maximum atomic E-state index is 10.8. The van der Waals surface area contributed by atoms with Crippen molar-refractivity contribution in [2.24, 2.45) is 0 Å². The predicted molar refractivity (Wildman–Crippen MR) is 66.6 cm³/mol. The lowest BCUT2D eigenvalue weighted by Crippen LogP contribution is -2.36. The number of aldehydes is 1. The summed E-state index contributed by atoms with van der Waals surface area (Å²) in [6, 6.07) is 0. The van der Waals surface area contributed by atoms with Crippen molar-refractivity contribution in [2.75, 3.05) is 28.6 Å². The van der Waals surface area contributed by atoms with Gasteiger partial charge < -0.3 is 20.6 Å². The van der Waals surface area contributed by atoms with Crippen molar-refractivity contribution in [1.82, 2.24) is 9.97 Å². The summed E-state index contributed by atoms with van der Waals surface area (Å²) >= 11 is 0. The summed E-state index contributed by atoms with van der Waals surface area (Å²) in [5, 5.41) is 15.5. The number of hydrogen-bond acceptors (Lipinski definition) is 7. The average molecular weight is 249 g/mol. The predicted octanol–water partition coefficient (Wildman–Crippen LogP) is -0.200. The molecule has 3 N–H and O–H groups in total. The van der Waals surface area contributed by atoms with Gasteiger partial charge in [-0.05, 0) is 12.8 Å². The van der Waals surface area contributed by atoms with Gasteiger partial charge in [0.25, 0.3) is 0 Å². The minimum Gasteiger partial charge on any atom is -0.393 e. The monoisotopic (exact) mass is 249 g/mol. The number of carbonyl (C=O) groups is 1. The SMILES string of the molecule is O=CC1Nc2ncnc(N3CCC(O)CC3)c2N1. The van der Waals surface area contributed by atoms with Crippen LogP contribution in [0, 0.1) is 0 Å². The molecule has 2 aliphatic heterocycles. The molecule has 1 unspecified atom stereocenters. The second kappa shape index (κ2) is 4.41. The molecule has 0 spiro atoms. The van der Waals surface area contributed by atoms with Crippen LogP contribution in [0.2, 0.25) is 0 Å². The smallest absolute Gasteiger partial charge is 0.162 e. The fraction of sp³-hybridized carbons (Fsp3) is 0.545. The molecule has 7 heteroatoms. The molecule has 3 rings (SSSR count). The molecule has 2 aliphatic rings. The summed E-state index contributed by atoms with van der Waals surface area (Å²) in [6.45, 7) is 1.52. The number of aromatic nitrogens is 2. The Morgan fingerprint density at radius 1 is 1.33 bits per heavy atom. The number of nitrogens with one attached hydrogen (secondary N) is 2. The van der Waals surface area contributed by atoms with Gasteiger partial charge in [-0.15, -0.1) is 0 Å². The van der Waals surface area contributed by atoms with Crippen LogP contribution in [-0.2, 0) is 4.79 Å². The van der Waals surface area contributed by atoms with Crippen molar-refractivity contribution >= 4 is 23.6 Å². The minimum absolute atomic E-state index is 0.218. The molecule has 0 aromatic carbocycles. The number of carbonyl (C=O) groups excluding carboxylic acids is 1. The van der Waals surface area contributed by atoms with Gasteiger partial charge in [0.2, 0.25) is 0 Å². The Bertz CT molecular complexity index is 459. The third-order valence-corrected chi connectivity index (χ3v) is 3.32. The molecular formula is C11H15N5O2. The summed E-state index contributed by atoms with van der Waals surface area (Å²) < 4.78 is 0. The molecule has 1 saturated heterocycles. The second-order valence-corrected chi connectivity index (χ2v) is 4.54. The van der Waals surface area contributed by atoms with Crippen LogP contribution in [0.15, 0.2) is 6.33 Å². The number of hydrogen-bond donors (Lipinski definition) is 3. The first-order valence-corrected chi connectivity index (χ1v) is 6.04. The van der Waals surface area contributed by atoms with E-state index in [0.717, 1.165) is 43.7 Å². The van der Waals surface area contributed by atoms with Crippen LogP contribution < -0.4 is 15.5 Å². The van der Waals surface area contributed by atoms with Crippen molar-refractivity contribution in [3.63, 3.8) is 0 Å². The average Bonchev–Trinajstić information content (AvgIpc) is 2.82. The maximum Gasteiger partial charge on any atom is 0.162 e. The Kier molecular flexibility index (Phi) is 2.75. The van der Waals surface area contributed by atoms with E-state index >= 15 is 0 Å². The number of aliphatic hydroxyl groups is 1. The highest BCUT2D eigenvalue weighted by Crippen LogP contribution is 2.35. The van der Waals surface area contributed by atoms with Gasteiger partial charge in [-0.2, -0.15) is 0 Å². The van der Waals surface area contributed by atoms with E-state index in [1.54, 1.807) is 0 Å². The fourth-order valence-corrected chi connectivity index (χ4v) is 2.34. The lowest BCUT2D eigenvalue weighted by Gasteiger charge is -2.31. The third kappa shape index (κ3) is 1.86. The quantitative estimate of drug-likeness (QED) is 0.625. The van der Waals surface area contributed by atoms with E-state index in [1.807, 2.05) is 0 Å². The molecule has 1 aromatic heterocycles. The van der Waals surface area contributed by atoms with Crippen LogP contribution in [0.3, 0.4) is 0 Å². The van der Waals surface area contributed by atoms with E-state index in [4.69, 9.17) is 0 Å². The van der Waals surface area contributed by atoms with E-state index in [9.17, 15) is 9.90 Å². The van der Waals surface area contributed by atoms with Crippen molar-refractivity contribution in [1.29, 1.82) is 0 Å². The number of piperidine rings is 1. The van der Waals surface area contributed by atoms with Crippen LogP contribution in [0.1, 0.15) is 12.8 Å². The largest absolute Gasteiger partial charge is 0.393 e. The second-order valence-electron chi connectivity index (χ2n) is 4.54. The van der Waals surface area contributed by atoms with Crippen molar-refractivity contribution in [3.05, 3.63) is 6.33 Å². The standard InChI is InChI=1S/C11H15N5O2/c17-5-8-14-9-10(15-8)12-6-13-11(9)16-3-1-7(18)2-4-16/h5-8,14,18H,1-4H2,(H,12,13,15). The third-order valence-electron chi connectivity index (χ3n) is 3.32. The topological polar surface area (TPSA) is 90.4 Å². The Balaban J connectivity index is 1.86. The molecule has 7 nitrogen and oxygen atoms in total. The first-order valence-electron chi connectivity index (χ1n) is 6.04. The van der Waals surface area contributed by atoms with Gasteiger partial charge >= 0.3 is 0 Å². The van der Waals surface area contributed by atoms with E-state index < -0.39 is 6.17 Å². The number of fused-ring (bicyclic) bond motifs is 1. The van der Waals surface area contributed by atoms with Crippen LogP contribution in [0.5, 0.6) is 0 Å². The van der Waals surface area contributed by atoms with E-state index in [-0.39, 0.29) is 6.10 Å². The lowest BCUT2D eigenvalue weighted by atomic mass is 10.1. The van der Waals surface area contributed by atoms with E-state index in [0.29, 0.717) is 5.82 Å². The number of aliphatic hydroxyl groups excluding tert-OH is 1. The first kappa shape index (κ1) is 11.2. The number of nitrogens with zero attached hydrogens (tertiary/aromatic N) is 3.